The van der Waals surface area contributed by atoms with Gasteiger partial charge in [-0.2, -0.15) is 0 Å². The standard InChI is InChI=1S/C16H21.C13H9.C8H8.2ClH.Zr/c1-11-2-3-15(4-11)16-8-12-5-13(9-16)7-14(6-12)10-16;1-3-7-12-10(5-1)9-11-6-2-4-8-13(11)12;1-2-8-6-4-3-5-7-8;;;/h2-3,11-14H,5-10H2,1H3;1-9H;1,3-7H,2H2;2*1H;/q;;;;;+2/p-2. The molecule has 6 aliphatic carbocycles. The summed E-state index contributed by atoms with van der Waals surface area (Å²) < 4.78 is 5.44. The number of hydrogen-bond donors (Lipinski definition) is 0. The minimum absolute atomic E-state index is 0. The first-order valence-corrected chi connectivity index (χ1v) is 19.1. The van der Waals surface area contributed by atoms with Gasteiger partial charge in [0.1, 0.15) is 0 Å². The summed E-state index contributed by atoms with van der Waals surface area (Å²) in [4.78, 5) is 0. The summed E-state index contributed by atoms with van der Waals surface area (Å²) in [5.41, 5.74) is 10.0. The van der Waals surface area contributed by atoms with Gasteiger partial charge in [0.05, 0.1) is 0 Å². The van der Waals surface area contributed by atoms with E-state index in [1.165, 1.54) is 55.2 Å². The van der Waals surface area contributed by atoms with Crippen molar-refractivity contribution in [2.45, 2.75) is 55.5 Å². The van der Waals surface area contributed by atoms with E-state index in [-0.39, 0.29) is 24.8 Å². The molecule has 0 heterocycles. The summed E-state index contributed by atoms with van der Waals surface area (Å²) >= 11 is -2.35. The summed E-state index contributed by atoms with van der Waals surface area (Å²) in [6.07, 6.45) is 15.4. The van der Waals surface area contributed by atoms with Crippen LogP contribution < -0.4 is 24.8 Å². The Hall–Kier alpha value is -1.53. The van der Waals surface area contributed by atoms with Gasteiger partial charge in [-0.3, -0.25) is 0 Å². The fraction of sp³-hybridized carbons (Fsp3) is 0.378. The van der Waals surface area contributed by atoms with Gasteiger partial charge in [0.15, 0.2) is 0 Å². The van der Waals surface area contributed by atoms with E-state index >= 15 is 0 Å². The average Bonchev–Trinajstić information content (AvgIpc) is 3.48. The summed E-state index contributed by atoms with van der Waals surface area (Å²) in [5, 5.41) is 0. The summed E-state index contributed by atoms with van der Waals surface area (Å²) in [6, 6.07) is 30.0. The zero-order valence-corrected chi connectivity index (χ0v) is 27.3. The van der Waals surface area contributed by atoms with Crippen molar-refractivity contribution in [2.24, 2.45) is 29.1 Å². The molecule has 3 heteroatoms. The van der Waals surface area contributed by atoms with Crippen molar-refractivity contribution in [3.63, 3.8) is 0 Å². The molecule has 3 aromatic rings. The molecule has 6 aliphatic rings. The van der Waals surface area contributed by atoms with Crippen molar-refractivity contribution in [1.82, 2.24) is 0 Å². The van der Waals surface area contributed by atoms with Crippen molar-refractivity contribution >= 4 is 3.71 Å². The Labute approximate surface area is 260 Å². The molecular formula is C37H38Cl2Zr. The minimum atomic E-state index is -2.35. The molecule has 0 saturated heterocycles. The number of rotatable bonds is 5. The van der Waals surface area contributed by atoms with Crippen LogP contribution in [0.15, 0.2) is 99.9 Å². The Kier molecular flexibility index (Phi) is 8.06. The van der Waals surface area contributed by atoms with Crippen LogP contribution in [0, 0.1) is 29.1 Å². The van der Waals surface area contributed by atoms with E-state index in [9.17, 15) is 0 Å². The van der Waals surface area contributed by atoms with Crippen LogP contribution in [-0.4, -0.2) is 3.71 Å². The molecule has 204 valence electrons. The molecule has 0 nitrogen and oxygen atoms in total. The third-order valence-electron chi connectivity index (χ3n) is 10.8. The zero-order chi connectivity index (χ0) is 25.3. The molecule has 0 amide bonds. The third-order valence-corrected chi connectivity index (χ3v) is 18.7. The quantitative estimate of drug-likeness (QED) is 0.401. The zero-order valence-electron chi connectivity index (χ0n) is 23.3. The molecule has 40 heavy (non-hydrogen) atoms. The summed E-state index contributed by atoms with van der Waals surface area (Å²) in [5.74, 6) is 3.58. The van der Waals surface area contributed by atoms with E-state index in [0.717, 1.165) is 24.2 Å². The molecule has 3 aromatic carbocycles. The molecule has 0 aliphatic heterocycles. The van der Waals surface area contributed by atoms with Crippen LogP contribution in [-0.2, 0) is 27.7 Å². The van der Waals surface area contributed by atoms with Gasteiger partial charge in [-0.05, 0) is 0 Å². The van der Waals surface area contributed by atoms with Crippen molar-refractivity contribution in [3.05, 3.63) is 117 Å². The number of fused-ring (bicyclic) bond motifs is 3. The van der Waals surface area contributed by atoms with Crippen LogP contribution in [0.3, 0.4) is 0 Å². The molecule has 4 fully saturated rings. The van der Waals surface area contributed by atoms with Crippen molar-refractivity contribution in [1.29, 1.82) is 0 Å². The smallest absolute Gasteiger partial charge is 1.00 e. The maximum absolute atomic E-state index is 2.90. The van der Waals surface area contributed by atoms with Crippen LogP contribution in [0.1, 0.15) is 65.8 Å². The summed E-state index contributed by atoms with van der Waals surface area (Å²) in [7, 11) is 0. The second-order valence-electron chi connectivity index (χ2n) is 13.1. The van der Waals surface area contributed by atoms with Gasteiger partial charge in [-0.25, -0.2) is 0 Å². The van der Waals surface area contributed by atoms with Gasteiger partial charge in [0, 0.05) is 0 Å². The van der Waals surface area contributed by atoms with Gasteiger partial charge in [0.2, 0.25) is 0 Å². The average molecular weight is 645 g/mol. The first-order valence-electron chi connectivity index (χ1n) is 15.0. The van der Waals surface area contributed by atoms with E-state index in [1.807, 2.05) is 8.85 Å². The maximum Gasteiger partial charge on any atom is -1.00 e. The van der Waals surface area contributed by atoms with E-state index < -0.39 is 21.3 Å². The van der Waals surface area contributed by atoms with Gasteiger partial charge in [-0.15, -0.1) is 0 Å². The maximum atomic E-state index is 2.90. The van der Waals surface area contributed by atoms with Crippen molar-refractivity contribution in [2.75, 3.05) is 0 Å². The predicted octanol–water partition coefficient (Wildman–Crippen LogP) is 3.10. The Morgan fingerprint density at radius 2 is 1.25 bits per heavy atom. The minimum Gasteiger partial charge on any atom is -1.00 e. The largest absolute Gasteiger partial charge is 1.00 e. The fourth-order valence-electron chi connectivity index (χ4n) is 9.71. The predicted molar refractivity (Wildman–Crippen MR) is 156 cm³/mol. The third kappa shape index (κ3) is 4.64. The number of allylic oxidation sites excluding steroid dienone is 4. The molecule has 1 unspecified atom stereocenters. The van der Waals surface area contributed by atoms with E-state index in [4.69, 9.17) is 0 Å². The molecule has 0 radical (unpaired) electrons. The van der Waals surface area contributed by atoms with Crippen LogP contribution in [0.4, 0.5) is 0 Å². The summed E-state index contributed by atoms with van der Waals surface area (Å²) in [6.45, 7) is 2.53. The van der Waals surface area contributed by atoms with E-state index in [1.54, 1.807) is 11.1 Å². The first-order chi connectivity index (χ1) is 18.7. The van der Waals surface area contributed by atoms with Crippen LogP contribution >= 0.6 is 0 Å². The normalized spacial score (nSPS) is 29.2. The second-order valence-corrected chi connectivity index (χ2v) is 19.1. The Balaban J connectivity index is 0.00000145. The molecule has 0 aromatic heterocycles. The number of hydrogen-bond acceptors (Lipinski definition) is 0. The molecule has 1 atom stereocenters. The molecule has 0 N–H and O–H groups in total. The monoisotopic (exact) mass is 642 g/mol. The molecular weight excluding hydrogens is 607 g/mol. The Morgan fingerprint density at radius 1 is 0.725 bits per heavy atom. The molecule has 9 rings (SSSR count). The van der Waals surface area contributed by atoms with Crippen LogP contribution in [0.25, 0.3) is 11.1 Å². The molecule has 4 saturated carbocycles. The van der Waals surface area contributed by atoms with Crippen molar-refractivity contribution in [3.8, 4) is 11.1 Å². The van der Waals surface area contributed by atoms with Crippen LogP contribution in [0.2, 0.25) is 0 Å². The van der Waals surface area contributed by atoms with Crippen LogP contribution in [0.5, 0.6) is 0 Å². The van der Waals surface area contributed by atoms with E-state index in [0.29, 0.717) is 15.0 Å². The van der Waals surface area contributed by atoms with Gasteiger partial charge < -0.3 is 24.8 Å². The number of benzene rings is 3. The molecule has 4 bridgehead atoms. The first kappa shape index (κ1) is 28.6. The fourth-order valence-corrected chi connectivity index (χ4v) is 18.7. The Bertz CT molecular complexity index is 1420. The number of halogens is 2. The molecule has 0 spiro atoms. The van der Waals surface area contributed by atoms with Gasteiger partial charge in [-0.1, -0.05) is 0 Å². The second kappa shape index (κ2) is 11.3. The topological polar surface area (TPSA) is 0 Å². The van der Waals surface area contributed by atoms with Gasteiger partial charge >= 0.3 is 237 Å². The Morgan fingerprint density at radius 3 is 1.82 bits per heavy atom. The van der Waals surface area contributed by atoms with E-state index in [2.05, 4.69) is 102 Å². The van der Waals surface area contributed by atoms with Gasteiger partial charge in [0.25, 0.3) is 0 Å². The van der Waals surface area contributed by atoms with Crippen molar-refractivity contribution < 1.29 is 46.1 Å². The SMILES string of the molecule is CC1C=CC(C23CC4CC(CC(C4)C2)C3)=[C]1/[Zr+2](=[CH]/Cc1ccccc1)[CH]1c2ccccc2-c2ccccc21.[Cl-].[Cl-].